The lowest BCUT2D eigenvalue weighted by Crippen LogP contribution is -2.62. The maximum absolute atomic E-state index is 11.5. The third-order valence-corrected chi connectivity index (χ3v) is 4.73. The van der Waals surface area contributed by atoms with Gasteiger partial charge in [0, 0.05) is 18.1 Å². The van der Waals surface area contributed by atoms with E-state index in [0.717, 1.165) is 26.0 Å². The predicted octanol–water partition coefficient (Wildman–Crippen LogP) is 2.88. The molecule has 0 aromatic carbocycles. The Morgan fingerprint density at radius 1 is 1.48 bits per heavy atom. The zero-order valence-electron chi connectivity index (χ0n) is 14.8. The van der Waals surface area contributed by atoms with Gasteiger partial charge in [0.05, 0.1) is 19.8 Å². The van der Waals surface area contributed by atoms with Crippen LogP contribution in [0.3, 0.4) is 0 Å². The third kappa shape index (κ3) is 3.75. The minimum Gasteiger partial charge on any atom is -0.464 e. The molecule has 0 saturated heterocycles. The second-order valence-electron chi connectivity index (χ2n) is 6.61. The van der Waals surface area contributed by atoms with Gasteiger partial charge in [-0.15, -0.1) is 0 Å². The monoisotopic (exact) mass is 324 g/mol. The minimum atomic E-state index is -0.470. The third-order valence-electron chi connectivity index (χ3n) is 4.73. The molecule has 130 valence electrons. The lowest BCUT2D eigenvalue weighted by molar-refractivity contribution is -0.152. The maximum Gasteiger partial charge on any atom is 0.360 e. The van der Waals surface area contributed by atoms with E-state index in [1.807, 2.05) is 6.92 Å². The lowest BCUT2D eigenvalue weighted by Gasteiger charge is -2.55. The van der Waals surface area contributed by atoms with Crippen molar-refractivity contribution in [3.8, 4) is 0 Å². The first-order valence-corrected chi connectivity index (χ1v) is 8.32. The Hall–Kier alpha value is -1.40. The van der Waals surface area contributed by atoms with Crippen LogP contribution in [0.2, 0.25) is 0 Å². The molecule has 0 N–H and O–H groups in total. The Balaban J connectivity index is 2.05. The maximum atomic E-state index is 11.5. The fourth-order valence-corrected chi connectivity index (χ4v) is 3.36. The van der Waals surface area contributed by atoms with Crippen LogP contribution >= 0.6 is 0 Å². The van der Waals surface area contributed by atoms with Crippen LogP contribution < -0.4 is 0 Å². The van der Waals surface area contributed by atoms with Crippen LogP contribution in [0.5, 0.6) is 0 Å². The highest BCUT2D eigenvalue weighted by atomic mass is 16.5. The Labute approximate surface area is 138 Å². The van der Waals surface area contributed by atoms with Crippen LogP contribution in [0.15, 0.2) is 10.7 Å². The van der Waals surface area contributed by atoms with E-state index in [1.54, 1.807) is 0 Å². The van der Waals surface area contributed by atoms with E-state index in [0.29, 0.717) is 24.6 Å². The minimum absolute atomic E-state index is 0.100. The smallest absolute Gasteiger partial charge is 0.360 e. The Kier molecular flexibility index (Phi) is 5.81. The predicted molar refractivity (Wildman–Crippen MR) is 86.1 cm³/mol. The standard InChI is InChI=1S/C17H28N2O4/c1-6-8-19(13-9-14(22-7-2)17(13,3)4)10-15-18-12(11-23-15)16(20)21-5/h11,13-14H,6-10H2,1-5H3/t13-,14+/m0/s1. The molecule has 0 unspecified atom stereocenters. The number of hydrogen-bond acceptors (Lipinski definition) is 6. The van der Waals surface area contributed by atoms with Crippen molar-refractivity contribution in [1.29, 1.82) is 0 Å². The molecule has 0 spiro atoms. The van der Waals surface area contributed by atoms with Gasteiger partial charge in [-0.1, -0.05) is 20.8 Å². The van der Waals surface area contributed by atoms with Crippen LogP contribution in [0.25, 0.3) is 0 Å². The molecule has 0 aliphatic heterocycles. The van der Waals surface area contributed by atoms with Crippen LogP contribution in [-0.4, -0.2) is 48.3 Å². The van der Waals surface area contributed by atoms with Crippen molar-refractivity contribution in [2.75, 3.05) is 20.3 Å². The van der Waals surface area contributed by atoms with Gasteiger partial charge < -0.3 is 13.9 Å². The molecule has 0 bridgehead atoms. The molecular weight excluding hydrogens is 296 g/mol. The summed E-state index contributed by atoms with van der Waals surface area (Å²) in [5.41, 5.74) is 0.321. The average molecular weight is 324 g/mol. The summed E-state index contributed by atoms with van der Waals surface area (Å²) in [4.78, 5) is 18.1. The number of hydrogen-bond donors (Lipinski definition) is 0. The molecule has 1 saturated carbocycles. The highest BCUT2D eigenvalue weighted by molar-refractivity contribution is 5.86. The van der Waals surface area contributed by atoms with Crippen molar-refractivity contribution >= 4 is 5.97 Å². The first-order valence-electron chi connectivity index (χ1n) is 8.32. The molecule has 23 heavy (non-hydrogen) atoms. The van der Waals surface area contributed by atoms with E-state index in [4.69, 9.17) is 9.15 Å². The Bertz CT molecular complexity index is 526. The van der Waals surface area contributed by atoms with E-state index in [2.05, 4.69) is 35.4 Å². The summed E-state index contributed by atoms with van der Waals surface area (Å²) >= 11 is 0. The zero-order chi connectivity index (χ0) is 17.0. The summed E-state index contributed by atoms with van der Waals surface area (Å²) in [6, 6.07) is 0.424. The highest BCUT2D eigenvalue weighted by Crippen LogP contribution is 2.46. The average Bonchev–Trinajstić information content (AvgIpc) is 2.98. The number of rotatable bonds is 8. The molecule has 1 aromatic heterocycles. The quantitative estimate of drug-likeness (QED) is 0.685. The molecule has 2 rings (SSSR count). The molecule has 2 atom stereocenters. The molecule has 6 heteroatoms. The fourth-order valence-electron chi connectivity index (χ4n) is 3.36. The van der Waals surface area contributed by atoms with Gasteiger partial charge in [0.15, 0.2) is 5.69 Å². The summed E-state index contributed by atoms with van der Waals surface area (Å²) in [7, 11) is 1.34. The number of methoxy groups -OCH3 is 1. The molecule has 0 radical (unpaired) electrons. The summed E-state index contributed by atoms with van der Waals surface area (Å²) in [6.07, 6.45) is 3.73. The van der Waals surface area contributed by atoms with E-state index < -0.39 is 5.97 Å². The summed E-state index contributed by atoms with van der Waals surface area (Å²) in [6.45, 7) is 11.0. The lowest BCUT2D eigenvalue weighted by atomic mass is 9.63. The number of esters is 1. The summed E-state index contributed by atoms with van der Waals surface area (Å²) < 4.78 is 15.9. The van der Waals surface area contributed by atoms with Gasteiger partial charge in [0.1, 0.15) is 6.26 Å². The molecule has 0 amide bonds. The molecule has 1 aliphatic rings. The van der Waals surface area contributed by atoms with Crippen molar-refractivity contribution in [3.05, 3.63) is 17.8 Å². The molecule has 6 nitrogen and oxygen atoms in total. The molecule has 1 aromatic rings. The zero-order valence-corrected chi connectivity index (χ0v) is 14.8. The van der Waals surface area contributed by atoms with Gasteiger partial charge in [-0.2, -0.15) is 0 Å². The number of aromatic nitrogens is 1. The normalized spacial score (nSPS) is 22.9. The van der Waals surface area contributed by atoms with Gasteiger partial charge in [-0.3, -0.25) is 4.90 Å². The SMILES string of the molecule is CCCN(Cc1nc(C(=O)OC)co1)[C@H]1C[C@@H](OCC)C1(C)C. The van der Waals surface area contributed by atoms with Gasteiger partial charge in [0.2, 0.25) is 5.89 Å². The van der Waals surface area contributed by atoms with Gasteiger partial charge in [-0.25, -0.2) is 9.78 Å². The van der Waals surface area contributed by atoms with Crippen molar-refractivity contribution in [1.82, 2.24) is 9.88 Å². The van der Waals surface area contributed by atoms with Crippen LogP contribution in [0.4, 0.5) is 0 Å². The number of carbonyl (C=O) groups excluding carboxylic acids is 1. The summed E-state index contributed by atoms with van der Waals surface area (Å²) in [5, 5.41) is 0. The van der Waals surface area contributed by atoms with E-state index in [9.17, 15) is 4.79 Å². The Morgan fingerprint density at radius 3 is 2.78 bits per heavy atom. The Morgan fingerprint density at radius 2 is 2.22 bits per heavy atom. The van der Waals surface area contributed by atoms with Crippen LogP contribution in [-0.2, 0) is 16.0 Å². The first kappa shape index (κ1) is 17.9. The number of oxazole rings is 1. The van der Waals surface area contributed by atoms with E-state index in [1.165, 1.54) is 13.4 Å². The van der Waals surface area contributed by atoms with Crippen LogP contribution in [0.1, 0.15) is 56.9 Å². The number of nitrogens with zero attached hydrogens (tertiary/aromatic N) is 2. The number of ether oxygens (including phenoxy) is 2. The van der Waals surface area contributed by atoms with E-state index >= 15 is 0 Å². The van der Waals surface area contributed by atoms with Gasteiger partial charge in [0.25, 0.3) is 0 Å². The highest BCUT2D eigenvalue weighted by Gasteiger charge is 2.51. The molecule has 1 fully saturated rings. The second-order valence-corrected chi connectivity index (χ2v) is 6.61. The van der Waals surface area contributed by atoms with Crippen molar-refractivity contribution < 1.29 is 18.7 Å². The van der Waals surface area contributed by atoms with E-state index in [-0.39, 0.29) is 11.1 Å². The van der Waals surface area contributed by atoms with Gasteiger partial charge in [-0.05, 0) is 26.3 Å². The molecular formula is C17H28N2O4. The van der Waals surface area contributed by atoms with Crippen molar-refractivity contribution in [2.45, 2.75) is 59.2 Å². The first-order chi connectivity index (χ1) is 10.9. The largest absolute Gasteiger partial charge is 0.464 e. The van der Waals surface area contributed by atoms with Gasteiger partial charge >= 0.3 is 5.97 Å². The fraction of sp³-hybridized carbons (Fsp3) is 0.765. The second kappa shape index (κ2) is 7.45. The summed E-state index contributed by atoms with van der Waals surface area (Å²) in [5.74, 6) is 0.0805. The van der Waals surface area contributed by atoms with Crippen molar-refractivity contribution in [2.24, 2.45) is 5.41 Å². The number of carbonyl (C=O) groups is 1. The van der Waals surface area contributed by atoms with Crippen molar-refractivity contribution in [3.63, 3.8) is 0 Å². The van der Waals surface area contributed by atoms with Crippen LogP contribution in [0, 0.1) is 5.41 Å². The topological polar surface area (TPSA) is 64.8 Å². The molecule has 1 aliphatic carbocycles. The molecule has 1 heterocycles.